The second kappa shape index (κ2) is 7.84. The monoisotopic (exact) mass is 325 g/mol. The number of phenols is 1. The molecule has 2 N–H and O–H groups in total. The molecule has 2 aromatic rings. The van der Waals surface area contributed by atoms with E-state index in [-0.39, 0.29) is 11.7 Å². The van der Waals surface area contributed by atoms with Crippen LogP contribution in [-0.2, 0) is 11.2 Å². The molecule has 0 bridgehead atoms. The lowest BCUT2D eigenvalue weighted by Gasteiger charge is -2.36. The number of amides is 1. The molecule has 0 unspecified atom stereocenters. The molecule has 1 aliphatic rings. The SMILES string of the molecule is O=C(CCc1ccccc1)NN1CCN(c2ccc(O)cc2)CC1. The molecule has 5 heteroatoms. The van der Waals surface area contributed by atoms with Crippen LogP contribution in [0, 0.1) is 0 Å². The summed E-state index contributed by atoms with van der Waals surface area (Å²) in [4.78, 5) is 14.3. The van der Waals surface area contributed by atoms with Crippen LogP contribution in [0.15, 0.2) is 54.6 Å². The van der Waals surface area contributed by atoms with Crippen molar-refractivity contribution in [1.82, 2.24) is 10.4 Å². The summed E-state index contributed by atoms with van der Waals surface area (Å²) in [5.41, 5.74) is 5.28. The molecule has 126 valence electrons. The predicted molar refractivity (Wildman–Crippen MR) is 94.8 cm³/mol. The van der Waals surface area contributed by atoms with Crippen molar-refractivity contribution < 1.29 is 9.90 Å². The summed E-state index contributed by atoms with van der Waals surface area (Å²) < 4.78 is 0. The van der Waals surface area contributed by atoms with E-state index in [4.69, 9.17) is 0 Å². The number of hydrogen-bond donors (Lipinski definition) is 2. The molecule has 0 aliphatic carbocycles. The lowest BCUT2D eigenvalue weighted by molar-refractivity contribution is -0.126. The minimum absolute atomic E-state index is 0.0666. The van der Waals surface area contributed by atoms with Crippen molar-refractivity contribution in [3.8, 4) is 5.75 Å². The van der Waals surface area contributed by atoms with Gasteiger partial charge < -0.3 is 10.0 Å². The quantitative estimate of drug-likeness (QED) is 0.885. The van der Waals surface area contributed by atoms with Gasteiger partial charge in [0.2, 0.25) is 5.91 Å². The van der Waals surface area contributed by atoms with Gasteiger partial charge in [-0.2, -0.15) is 0 Å². The van der Waals surface area contributed by atoms with E-state index in [1.165, 1.54) is 5.56 Å². The lowest BCUT2D eigenvalue weighted by Crippen LogP contribution is -2.53. The standard InChI is InChI=1S/C19H23N3O2/c23-18-9-7-17(8-10-18)21-12-14-22(15-13-21)20-19(24)11-6-16-4-2-1-3-5-16/h1-5,7-10,23H,6,11-15H2,(H,20,24). The molecule has 24 heavy (non-hydrogen) atoms. The minimum atomic E-state index is 0.0666. The van der Waals surface area contributed by atoms with Crippen LogP contribution < -0.4 is 10.3 Å². The molecule has 5 nitrogen and oxygen atoms in total. The number of hydrazine groups is 1. The van der Waals surface area contributed by atoms with E-state index in [0.717, 1.165) is 38.3 Å². The topological polar surface area (TPSA) is 55.8 Å². The number of benzene rings is 2. The van der Waals surface area contributed by atoms with E-state index in [9.17, 15) is 9.90 Å². The molecular weight excluding hydrogens is 302 g/mol. The number of nitrogens with zero attached hydrogens (tertiary/aromatic N) is 2. The third kappa shape index (κ3) is 4.49. The zero-order valence-electron chi connectivity index (χ0n) is 13.7. The van der Waals surface area contributed by atoms with E-state index in [1.807, 2.05) is 47.5 Å². The smallest absolute Gasteiger partial charge is 0.234 e. The third-order valence-corrected chi connectivity index (χ3v) is 4.26. The number of hydrogen-bond acceptors (Lipinski definition) is 4. The minimum Gasteiger partial charge on any atom is -0.508 e. The van der Waals surface area contributed by atoms with Gasteiger partial charge in [0.25, 0.3) is 0 Å². The van der Waals surface area contributed by atoms with Crippen LogP contribution in [0.3, 0.4) is 0 Å². The van der Waals surface area contributed by atoms with Crippen molar-refractivity contribution in [3.63, 3.8) is 0 Å². The van der Waals surface area contributed by atoms with E-state index < -0.39 is 0 Å². The fourth-order valence-corrected chi connectivity index (χ4v) is 2.87. The first-order valence-corrected chi connectivity index (χ1v) is 8.33. The van der Waals surface area contributed by atoms with Gasteiger partial charge in [0.05, 0.1) is 0 Å². The number of piperazine rings is 1. The Hall–Kier alpha value is -2.53. The zero-order chi connectivity index (χ0) is 16.8. The lowest BCUT2D eigenvalue weighted by atomic mass is 10.1. The number of anilines is 1. The van der Waals surface area contributed by atoms with E-state index in [2.05, 4.69) is 10.3 Å². The summed E-state index contributed by atoms with van der Waals surface area (Å²) in [7, 11) is 0. The maximum Gasteiger partial charge on any atom is 0.234 e. The second-order valence-corrected chi connectivity index (χ2v) is 6.01. The molecule has 1 fully saturated rings. The van der Waals surface area contributed by atoms with Crippen LogP contribution in [0.5, 0.6) is 5.75 Å². The summed E-state index contributed by atoms with van der Waals surface area (Å²) in [6, 6.07) is 17.3. The highest BCUT2D eigenvalue weighted by Crippen LogP contribution is 2.19. The second-order valence-electron chi connectivity index (χ2n) is 6.01. The van der Waals surface area contributed by atoms with Crippen molar-refractivity contribution in [2.24, 2.45) is 0 Å². The van der Waals surface area contributed by atoms with Crippen molar-refractivity contribution in [3.05, 3.63) is 60.2 Å². The zero-order valence-corrected chi connectivity index (χ0v) is 13.7. The Morgan fingerprint density at radius 2 is 1.62 bits per heavy atom. The van der Waals surface area contributed by atoms with Gasteiger partial charge >= 0.3 is 0 Å². The van der Waals surface area contributed by atoms with Crippen LogP contribution in [-0.4, -0.2) is 42.2 Å². The summed E-state index contributed by atoms with van der Waals surface area (Å²) >= 11 is 0. The predicted octanol–water partition coefficient (Wildman–Crippen LogP) is 2.18. The van der Waals surface area contributed by atoms with Gasteiger partial charge in [-0.15, -0.1) is 0 Å². The fraction of sp³-hybridized carbons (Fsp3) is 0.316. The van der Waals surface area contributed by atoms with Crippen molar-refractivity contribution in [2.75, 3.05) is 31.1 Å². The van der Waals surface area contributed by atoms with Gasteiger partial charge in [-0.05, 0) is 36.2 Å². The molecule has 0 radical (unpaired) electrons. The molecule has 1 amide bonds. The fourth-order valence-electron chi connectivity index (χ4n) is 2.87. The average Bonchev–Trinajstić information content (AvgIpc) is 2.62. The Morgan fingerprint density at radius 1 is 0.958 bits per heavy atom. The average molecular weight is 325 g/mol. The number of carbonyl (C=O) groups is 1. The molecule has 0 aromatic heterocycles. The Labute approximate surface area is 142 Å². The highest BCUT2D eigenvalue weighted by Gasteiger charge is 2.18. The van der Waals surface area contributed by atoms with Crippen molar-refractivity contribution in [1.29, 1.82) is 0 Å². The number of aryl methyl sites for hydroxylation is 1. The summed E-state index contributed by atoms with van der Waals surface area (Å²) in [5.74, 6) is 0.347. The molecule has 0 atom stereocenters. The Kier molecular flexibility index (Phi) is 5.33. The van der Waals surface area contributed by atoms with Crippen LogP contribution >= 0.6 is 0 Å². The van der Waals surface area contributed by atoms with Crippen molar-refractivity contribution in [2.45, 2.75) is 12.8 Å². The van der Waals surface area contributed by atoms with Gasteiger partial charge in [-0.1, -0.05) is 30.3 Å². The molecule has 0 saturated carbocycles. The Morgan fingerprint density at radius 3 is 2.29 bits per heavy atom. The normalized spacial score (nSPS) is 15.2. The van der Waals surface area contributed by atoms with Crippen LogP contribution in [0.25, 0.3) is 0 Å². The molecule has 1 aliphatic heterocycles. The number of rotatable bonds is 5. The highest BCUT2D eigenvalue weighted by atomic mass is 16.3. The Bertz CT molecular complexity index is 650. The molecule has 2 aromatic carbocycles. The highest BCUT2D eigenvalue weighted by molar-refractivity contribution is 5.75. The van der Waals surface area contributed by atoms with Crippen LogP contribution in [0.2, 0.25) is 0 Å². The molecule has 1 heterocycles. The molecule has 3 rings (SSSR count). The van der Waals surface area contributed by atoms with Gasteiger partial charge in [0, 0.05) is 38.3 Å². The molecule has 0 spiro atoms. The van der Waals surface area contributed by atoms with Crippen LogP contribution in [0.4, 0.5) is 5.69 Å². The van der Waals surface area contributed by atoms with Gasteiger partial charge in [0.15, 0.2) is 0 Å². The van der Waals surface area contributed by atoms with E-state index in [1.54, 1.807) is 12.1 Å². The summed E-state index contributed by atoms with van der Waals surface area (Å²) in [6.45, 7) is 3.28. The maximum absolute atomic E-state index is 12.1. The number of phenolic OH excluding ortho intramolecular Hbond substituents is 1. The first-order chi connectivity index (χ1) is 11.7. The maximum atomic E-state index is 12.1. The Balaban J connectivity index is 1.41. The largest absolute Gasteiger partial charge is 0.508 e. The van der Waals surface area contributed by atoms with E-state index in [0.29, 0.717) is 6.42 Å². The van der Waals surface area contributed by atoms with Gasteiger partial charge in [-0.25, -0.2) is 5.01 Å². The first-order valence-electron chi connectivity index (χ1n) is 8.33. The van der Waals surface area contributed by atoms with Gasteiger partial charge in [0.1, 0.15) is 5.75 Å². The molecule has 1 saturated heterocycles. The number of nitrogens with one attached hydrogen (secondary N) is 1. The number of aromatic hydroxyl groups is 1. The third-order valence-electron chi connectivity index (χ3n) is 4.26. The van der Waals surface area contributed by atoms with Crippen molar-refractivity contribution >= 4 is 11.6 Å². The summed E-state index contributed by atoms with van der Waals surface area (Å²) in [6.07, 6.45) is 1.27. The van der Waals surface area contributed by atoms with Gasteiger partial charge in [-0.3, -0.25) is 10.2 Å². The first kappa shape index (κ1) is 16.3. The van der Waals surface area contributed by atoms with Crippen LogP contribution in [0.1, 0.15) is 12.0 Å². The summed E-state index contributed by atoms with van der Waals surface area (Å²) in [5, 5.41) is 11.3. The van der Waals surface area contributed by atoms with E-state index >= 15 is 0 Å². The molecular formula is C19H23N3O2. The number of carbonyl (C=O) groups excluding carboxylic acids is 1.